The molecule has 5 aromatic carbocycles. The normalized spacial score (nSPS) is 13.3. The monoisotopic (exact) mass is 970 g/mol. The average molecular weight is 971 g/mol. The molecule has 4 N–H and O–H groups in total. The molecule has 0 spiro atoms. The first kappa shape index (κ1) is 49.8. The van der Waals surface area contributed by atoms with Crippen LogP contribution in [0.4, 0.5) is 4.79 Å². The lowest BCUT2D eigenvalue weighted by molar-refractivity contribution is 0.0505. The van der Waals surface area contributed by atoms with E-state index in [-0.39, 0.29) is 80.1 Å². The van der Waals surface area contributed by atoms with Crippen LogP contribution in [0.25, 0.3) is 0 Å². The van der Waals surface area contributed by atoms with Crippen molar-refractivity contribution >= 4 is 17.9 Å². The molecule has 16 nitrogen and oxygen atoms in total. The SMILES string of the molecule is CC(C)(C)OC(=O)NCCN1CN(C(c2ccccc2)c2ccccc2)n2ccc(=O)c(OCc3ccccc3)c2C1=O.NCCN1CN(C(c2ccccc2)c2ccccc2)n2ccc(=O)c(O)c2C1=O. The zero-order valence-electron chi connectivity index (χ0n) is 40.4. The molecular formula is C56H58N8O8. The number of carbonyl (C=O) groups is 3. The lowest BCUT2D eigenvalue weighted by Gasteiger charge is -2.44. The molecule has 4 heterocycles. The summed E-state index contributed by atoms with van der Waals surface area (Å²) in [6.45, 7) is 6.89. The summed E-state index contributed by atoms with van der Waals surface area (Å²) in [6, 6.07) is 51.4. The molecule has 0 atom stereocenters. The van der Waals surface area contributed by atoms with Crippen LogP contribution in [0.2, 0.25) is 0 Å². The van der Waals surface area contributed by atoms with Crippen LogP contribution in [-0.2, 0) is 11.3 Å². The molecule has 0 saturated carbocycles. The number of carbonyl (C=O) groups excluding carboxylic acids is 3. The Morgan fingerprint density at radius 1 is 0.597 bits per heavy atom. The molecule has 9 rings (SSSR count). The molecule has 0 fully saturated rings. The Morgan fingerprint density at radius 3 is 1.47 bits per heavy atom. The van der Waals surface area contributed by atoms with E-state index in [1.165, 1.54) is 18.3 Å². The van der Waals surface area contributed by atoms with Gasteiger partial charge in [0.2, 0.25) is 10.9 Å². The van der Waals surface area contributed by atoms with Gasteiger partial charge in [0.1, 0.15) is 25.5 Å². The van der Waals surface area contributed by atoms with E-state index in [2.05, 4.69) is 5.32 Å². The number of aromatic hydroxyl groups is 1. The standard InChI is InChI=1S/C34H36N4O5.C22H22N4O3/c1-34(2,3)43-33(41)35-20-22-36-24-38(29(26-15-9-5-10-16-26)27-17-11-6-12-18-27)37-21-19-28(39)31(30(37)32(36)40)42-23-25-13-7-4-8-14-25;23-12-14-24-15-26(25-13-11-18(27)21(28)20(25)22(24)29)19(16-7-3-1-4-8-16)17-9-5-2-6-10-17/h4-19,21,29H,20,22-24H2,1-3H3,(H,35,41);1-11,13,19,28H,12,14-15,23H2. The largest absolute Gasteiger partial charge is 0.502 e. The second kappa shape index (κ2) is 22.4. The third kappa shape index (κ3) is 11.4. The highest BCUT2D eigenvalue weighted by Gasteiger charge is 2.38. The van der Waals surface area contributed by atoms with E-state index in [4.69, 9.17) is 15.2 Å². The van der Waals surface area contributed by atoms with E-state index in [1.807, 2.05) is 162 Å². The maximum Gasteiger partial charge on any atom is 0.407 e. The molecule has 2 aliphatic heterocycles. The summed E-state index contributed by atoms with van der Waals surface area (Å²) in [4.78, 5) is 67.8. The Bertz CT molecular complexity index is 3000. The number of alkyl carbamates (subject to hydrolysis) is 1. The number of rotatable bonds is 14. The number of nitrogens with two attached hydrogens (primary N) is 1. The van der Waals surface area contributed by atoms with Crippen molar-refractivity contribution in [1.29, 1.82) is 0 Å². The second-order valence-electron chi connectivity index (χ2n) is 18.2. The first-order chi connectivity index (χ1) is 34.8. The van der Waals surface area contributed by atoms with E-state index in [9.17, 15) is 29.1 Å². The van der Waals surface area contributed by atoms with Gasteiger partial charge in [0.25, 0.3) is 11.8 Å². The van der Waals surface area contributed by atoms with Crippen LogP contribution in [0, 0.1) is 0 Å². The van der Waals surface area contributed by atoms with E-state index >= 15 is 0 Å². The number of aromatic nitrogens is 2. The summed E-state index contributed by atoms with van der Waals surface area (Å²) in [5.41, 5.74) is 9.09. The van der Waals surface area contributed by atoms with Crippen molar-refractivity contribution in [2.45, 2.75) is 45.1 Å². The lowest BCUT2D eigenvalue weighted by atomic mass is 9.98. The molecule has 0 aliphatic carbocycles. The highest BCUT2D eigenvalue weighted by atomic mass is 16.6. The van der Waals surface area contributed by atoms with Crippen LogP contribution in [-0.4, -0.2) is 87.3 Å². The highest BCUT2D eigenvalue weighted by Crippen LogP contribution is 2.34. The zero-order valence-corrected chi connectivity index (χ0v) is 40.4. The summed E-state index contributed by atoms with van der Waals surface area (Å²) in [5, 5.41) is 17.1. The molecule has 0 radical (unpaired) electrons. The molecular weight excluding hydrogens is 913 g/mol. The number of hydrogen-bond donors (Lipinski definition) is 3. The molecule has 0 saturated heterocycles. The predicted molar refractivity (Wildman–Crippen MR) is 275 cm³/mol. The highest BCUT2D eigenvalue weighted by molar-refractivity contribution is 5.97. The fourth-order valence-corrected chi connectivity index (χ4v) is 8.77. The summed E-state index contributed by atoms with van der Waals surface area (Å²) in [7, 11) is 0. The number of hydrogen-bond acceptors (Lipinski definition) is 11. The van der Waals surface area contributed by atoms with Crippen LogP contribution < -0.4 is 36.7 Å². The van der Waals surface area contributed by atoms with Gasteiger partial charge < -0.3 is 35.4 Å². The summed E-state index contributed by atoms with van der Waals surface area (Å²) < 4.78 is 14.8. The Hall–Kier alpha value is -8.63. The Morgan fingerprint density at radius 2 is 1.01 bits per heavy atom. The van der Waals surface area contributed by atoms with Crippen LogP contribution in [0.15, 0.2) is 186 Å². The molecule has 370 valence electrons. The minimum atomic E-state index is -0.647. The van der Waals surface area contributed by atoms with Crippen molar-refractivity contribution in [1.82, 2.24) is 24.5 Å². The second-order valence-corrected chi connectivity index (χ2v) is 18.2. The number of fused-ring (bicyclic) bond motifs is 2. The van der Waals surface area contributed by atoms with Crippen molar-refractivity contribution in [3.05, 3.63) is 236 Å². The van der Waals surface area contributed by atoms with Gasteiger partial charge in [-0.2, -0.15) is 0 Å². The summed E-state index contributed by atoms with van der Waals surface area (Å²) in [6.07, 6.45) is 2.59. The van der Waals surface area contributed by atoms with E-state index in [0.29, 0.717) is 6.54 Å². The molecule has 3 amide bonds. The minimum Gasteiger partial charge on any atom is -0.502 e. The zero-order chi connectivity index (χ0) is 50.8. The van der Waals surface area contributed by atoms with E-state index in [0.717, 1.165) is 27.8 Å². The quantitative estimate of drug-likeness (QED) is 0.105. The van der Waals surface area contributed by atoms with Gasteiger partial charge in [-0.05, 0) is 48.6 Å². The minimum absolute atomic E-state index is 0.0222. The fraction of sp³-hybridized carbons (Fsp3) is 0.232. The number of pyridine rings is 2. The van der Waals surface area contributed by atoms with Gasteiger partial charge in [-0.1, -0.05) is 152 Å². The van der Waals surface area contributed by atoms with Gasteiger partial charge in [0.05, 0.1) is 12.1 Å². The smallest absolute Gasteiger partial charge is 0.407 e. The number of nitrogens with zero attached hydrogens (tertiary/aromatic N) is 6. The number of ether oxygens (including phenoxy) is 2. The third-order valence-electron chi connectivity index (χ3n) is 12.0. The van der Waals surface area contributed by atoms with Crippen LogP contribution in [0.3, 0.4) is 0 Å². The summed E-state index contributed by atoms with van der Waals surface area (Å²) >= 11 is 0. The van der Waals surface area contributed by atoms with Gasteiger partial charge in [-0.25, -0.2) is 4.79 Å². The van der Waals surface area contributed by atoms with E-state index in [1.54, 1.807) is 46.1 Å². The van der Waals surface area contributed by atoms with Crippen LogP contribution in [0.1, 0.15) is 81.6 Å². The summed E-state index contributed by atoms with van der Waals surface area (Å²) in [5.74, 6) is -1.36. The van der Waals surface area contributed by atoms with E-state index < -0.39 is 28.8 Å². The van der Waals surface area contributed by atoms with Gasteiger partial charge in [-0.15, -0.1) is 0 Å². The molecule has 7 aromatic rings. The first-order valence-electron chi connectivity index (χ1n) is 23.7. The van der Waals surface area contributed by atoms with Crippen molar-refractivity contribution in [2.24, 2.45) is 5.73 Å². The topological polar surface area (TPSA) is 185 Å². The van der Waals surface area contributed by atoms with Gasteiger partial charge in [-0.3, -0.25) is 38.5 Å². The fourth-order valence-electron chi connectivity index (χ4n) is 8.77. The molecule has 2 aliphatic rings. The number of nitrogens with one attached hydrogen (secondary N) is 1. The number of amides is 3. The first-order valence-corrected chi connectivity index (χ1v) is 23.7. The van der Waals surface area contributed by atoms with Gasteiger partial charge >= 0.3 is 6.09 Å². The van der Waals surface area contributed by atoms with Crippen molar-refractivity contribution in [2.75, 3.05) is 49.5 Å². The Balaban J connectivity index is 0.000000208. The Labute approximate surface area is 417 Å². The van der Waals surface area contributed by atoms with Crippen molar-refractivity contribution < 1.29 is 29.0 Å². The van der Waals surface area contributed by atoms with Crippen molar-refractivity contribution in [3.63, 3.8) is 0 Å². The maximum atomic E-state index is 14.1. The number of benzene rings is 5. The van der Waals surface area contributed by atoms with Crippen LogP contribution >= 0.6 is 0 Å². The molecule has 0 bridgehead atoms. The predicted octanol–water partition coefficient (Wildman–Crippen LogP) is 6.75. The maximum absolute atomic E-state index is 14.1. The third-order valence-corrected chi connectivity index (χ3v) is 12.0. The van der Waals surface area contributed by atoms with Crippen LogP contribution in [0.5, 0.6) is 11.5 Å². The molecule has 16 heteroatoms. The average Bonchev–Trinajstić information content (AvgIpc) is 3.38. The van der Waals surface area contributed by atoms with Crippen molar-refractivity contribution in [3.8, 4) is 11.5 Å². The molecule has 0 unspecified atom stereocenters. The molecule has 72 heavy (non-hydrogen) atoms. The lowest BCUT2D eigenvalue weighted by Crippen LogP contribution is -2.56. The van der Waals surface area contributed by atoms with Gasteiger partial charge in [0.15, 0.2) is 22.9 Å². The van der Waals surface area contributed by atoms with Gasteiger partial charge in [0, 0.05) is 50.7 Å². The molecule has 2 aromatic heterocycles. The Kier molecular flexibility index (Phi) is 15.5.